The van der Waals surface area contributed by atoms with E-state index in [1.54, 1.807) is 31.4 Å². The van der Waals surface area contributed by atoms with Crippen LogP contribution in [0.4, 0.5) is 11.5 Å². The minimum Gasteiger partial charge on any atom is -0.493 e. The maximum absolute atomic E-state index is 13.1. The second kappa shape index (κ2) is 12.6. The van der Waals surface area contributed by atoms with Crippen molar-refractivity contribution in [3.05, 3.63) is 50.7 Å². The third-order valence-corrected chi connectivity index (χ3v) is 4.88. The minimum atomic E-state index is -0.737. The number of H-pyrrole nitrogens is 1. The molecule has 0 fully saturated rings. The van der Waals surface area contributed by atoms with Crippen LogP contribution in [0.25, 0.3) is 6.08 Å². The highest BCUT2D eigenvalue weighted by molar-refractivity contribution is 6.05. The van der Waals surface area contributed by atoms with Crippen molar-refractivity contribution in [2.75, 3.05) is 44.6 Å². The van der Waals surface area contributed by atoms with Crippen LogP contribution >= 0.6 is 0 Å². The molecule has 10 nitrogen and oxygen atoms in total. The van der Waals surface area contributed by atoms with Crippen LogP contribution in [0.1, 0.15) is 32.8 Å². The molecule has 3 N–H and O–H groups in total. The Bertz CT molecular complexity index is 1120. The average molecular weight is 475 g/mol. The molecule has 0 atom stereocenters. The van der Waals surface area contributed by atoms with Gasteiger partial charge in [-0.15, -0.1) is 0 Å². The molecule has 0 radical (unpaired) electrons. The van der Waals surface area contributed by atoms with Gasteiger partial charge in [-0.1, -0.05) is 26.8 Å². The highest BCUT2D eigenvalue weighted by atomic mass is 16.5. The zero-order valence-corrected chi connectivity index (χ0v) is 20.4. The molecule has 0 bridgehead atoms. The summed E-state index contributed by atoms with van der Waals surface area (Å²) < 4.78 is 17.4. The van der Waals surface area contributed by atoms with Gasteiger partial charge in [0.1, 0.15) is 5.82 Å². The van der Waals surface area contributed by atoms with Crippen molar-refractivity contribution >= 4 is 23.5 Å². The molecule has 0 unspecified atom stereocenters. The fourth-order valence-corrected chi connectivity index (χ4v) is 3.28. The number of benzene rings is 1. The van der Waals surface area contributed by atoms with Crippen LogP contribution in [0.3, 0.4) is 0 Å². The number of carbonyl (C=O) groups excluding carboxylic acids is 1. The van der Waals surface area contributed by atoms with Crippen molar-refractivity contribution in [2.24, 2.45) is 5.92 Å². The molecule has 2 rings (SSSR count). The van der Waals surface area contributed by atoms with E-state index in [-0.39, 0.29) is 30.6 Å². The van der Waals surface area contributed by atoms with Crippen LogP contribution in [0, 0.1) is 5.92 Å². The largest absolute Gasteiger partial charge is 0.493 e. The van der Waals surface area contributed by atoms with Crippen LogP contribution in [-0.2, 0) is 16.1 Å². The molecule has 1 amide bonds. The number of aromatic nitrogens is 2. The molecule has 1 aromatic carbocycles. The van der Waals surface area contributed by atoms with Gasteiger partial charge in [0.05, 0.1) is 20.3 Å². The molecule has 0 saturated carbocycles. The standard InChI is InChI=1S/C24H34N4O6/c1-6-12-34-18-9-7-17(14-19(18)33-5)8-10-20(29)27(11-13-32-4)21-22(25)28(15-16(2)3)24(31)26-23(21)30/h7-10,14,16H,6,11-13,15,25H2,1-5H3,(H,26,30,31)/b10-8+. The van der Waals surface area contributed by atoms with Crippen LogP contribution in [0.5, 0.6) is 11.5 Å². The number of nitrogen functional groups attached to an aromatic ring is 1. The molecule has 0 aliphatic heterocycles. The third-order valence-electron chi connectivity index (χ3n) is 4.88. The summed E-state index contributed by atoms with van der Waals surface area (Å²) in [6, 6.07) is 5.31. The van der Waals surface area contributed by atoms with Crippen LogP contribution in [0.2, 0.25) is 0 Å². The normalized spacial score (nSPS) is 11.2. The number of nitrogens with one attached hydrogen (secondary N) is 1. The maximum Gasteiger partial charge on any atom is 0.330 e. The van der Waals surface area contributed by atoms with Gasteiger partial charge in [-0.3, -0.25) is 24.0 Å². The van der Waals surface area contributed by atoms with E-state index in [9.17, 15) is 14.4 Å². The lowest BCUT2D eigenvalue weighted by atomic mass is 10.2. The maximum atomic E-state index is 13.1. The van der Waals surface area contributed by atoms with Gasteiger partial charge in [0, 0.05) is 26.3 Å². The number of anilines is 2. The number of nitrogens with zero attached hydrogens (tertiary/aromatic N) is 2. The van der Waals surface area contributed by atoms with Gasteiger partial charge >= 0.3 is 5.69 Å². The monoisotopic (exact) mass is 474 g/mol. The number of amides is 1. The molecular weight excluding hydrogens is 440 g/mol. The van der Waals surface area contributed by atoms with Crippen LogP contribution in [0.15, 0.2) is 33.9 Å². The number of hydrogen-bond acceptors (Lipinski definition) is 7. The highest BCUT2D eigenvalue weighted by Gasteiger charge is 2.23. The zero-order chi connectivity index (χ0) is 25.3. The van der Waals surface area contributed by atoms with Gasteiger partial charge < -0.3 is 19.9 Å². The Balaban J connectivity index is 2.42. The first-order chi connectivity index (χ1) is 16.2. The predicted octanol–water partition coefficient (Wildman–Crippen LogP) is 2.27. The lowest BCUT2D eigenvalue weighted by molar-refractivity contribution is -0.114. The van der Waals surface area contributed by atoms with E-state index >= 15 is 0 Å². The van der Waals surface area contributed by atoms with Crippen molar-refractivity contribution in [3.63, 3.8) is 0 Å². The molecule has 0 spiro atoms. The predicted molar refractivity (Wildman–Crippen MR) is 133 cm³/mol. The number of methoxy groups -OCH3 is 2. The molecule has 1 aromatic heterocycles. The summed E-state index contributed by atoms with van der Waals surface area (Å²) in [5.41, 5.74) is 5.46. The molecule has 2 aromatic rings. The van der Waals surface area contributed by atoms with Crippen molar-refractivity contribution in [3.8, 4) is 11.5 Å². The molecular formula is C24H34N4O6. The number of ether oxygens (including phenoxy) is 3. The summed E-state index contributed by atoms with van der Waals surface area (Å²) in [6.07, 6.45) is 3.79. The number of hydrogen-bond donors (Lipinski definition) is 2. The molecule has 10 heteroatoms. The summed E-state index contributed by atoms with van der Waals surface area (Å²) in [5.74, 6) is 0.691. The summed E-state index contributed by atoms with van der Waals surface area (Å²) in [4.78, 5) is 41.5. The van der Waals surface area contributed by atoms with Gasteiger partial charge in [-0.2, -0.15) is 0 Å². The lowest BCUT2D eigenvalue weighted by Gasteiger charge is -2.23. The lowest BCUT2D eigenvalue weighted by Crippen LogP contribution is -2.42. The van der Waals surface area contributed by atoms with Gasteiger partial charge in [0.2, 0.25) is 0 Å². The third kappa shape index (κ3) is 6.74. The molecule has 34 heavy (non-hydrogen) atoms. The van der Waals surface area contributed by atoms with E-state index in [1.807, 2.05) is 20.8 Å². The molecule has 186 valence electrons. The number of aromatic amines is 1. The summed E-state index contributed by atoms with van der Waals surface area (Å²) in [7, 11) is 3.03. The Morgan fingerprint density at radius 2 is 1.94 bits per heavy atom. The molecule has 0 aliphatic carbocycles. The van der Waals surface area contributed by atoms with Gasteiger partial charge in [0.15, 0.2) is 17.2 Å². The SMILES string of the molecule is CCCOc1ccc(/C=C/C(=O)N(CCOC)c2c(N)n(CC(C)C)c(=O)[nH]c2=O)cc1OC. The Morgan fingerprint density at radius 1 is 1.21 bits per heavy atom. The quantitative estimate of drug-likeness (QED) is 0.452. The Labute approximate surface area is 198 Å². The van der Waals surface area contributed by atoms with E-state index in [2.05, 4.69) is 4.98 Å². The second-order valence-corrected chi connectivity index (χ2v) is 8.07. The van der Waals surface area contributed by atoms with Gasteiger partial charge in [-0.05, 0) is 36.1 Å². The fraction of sp³-hybridized carbons (Fsp3) is 0.458. The van der Waals surface area contributed by atoms with Crippen molar-refractivity contribution in [1.82, 2.24) is 9.55 Å². The molecule has 0 aliphatic rings. The van der Waals surface area contributed by atoms with E-state index in [1.165, 1.54) is 22.7 Å². The Hall–Kier alpha value is -3.53. The first-order valence-electron chi connectivity index (χ1n) is 11.1. The summed E-state index contributed by atoms with van der Waals surface area (Å²) >= 11 is 0. The van der Waals surface area contributed by atoms with Crippen LogP contribution in [-0.4, -0.2) is 49.4 Å². The first kappa shape index (κ1) is 26.7. The number of carbonyl (C=O) groups is 1. The topological polar surface area (TPSA) is 129 Å². The van der Waals surface area contributed by atoms with E-state index < -0.39 is 17.2 Å². The highest BCUT2D eigenvalue weighted by Crippen LogP contribution is 2.29. The molecule has 1 heterocycles. The fourth-order valence-electron chi connectivity index (χ4n) is 3.28. The average Bonchev–Trinajstić information content (AvgIpc) is 2.80. The van der Waals surface area contributed by atoms with E-state index in [0.29, 0.717) is 30.2 Å². The van der Waals surface area contributed by atoms with Crippen molar-refractivity contribution < 1.29 is 19.0 Å². The van der Waals surface area contributed by atoms with Gasteiger partial charge in [0.25, 0.3) is 11.5 Å². The minimum absolute atomic E-state index is 0.0694. The second-order valence-electron chi connectivity index (χ2n) is 8.07. The number of nitrogens with two attached hydrogens (primary N) is 1. The summed E-state index contributed by atoms with van der Waals surface area (Å²) in [6.45, 7) is 6.94. The Kier molecular flexibility index (Phi) is 9.93. The summed E-state index contributed by atoms with van der Waals surface area (Å²) in [5, 5.41) is 0. The molecule has 0 saturated heterocycles. The smallest absolute Gasteiger partial charge is 0.330 e. The van der Waals surface area contributed by atoms with Gasteiger partial charge in [-0.25, -0.2) is 4.79 Å². The van der Waals surface area contributed by atoms with E-state index in [0.717, 1.165) is 6.42 Å². The Morgan fingerprint density at radius 3 is 2.56 bits per heavy atom. The van der Waals surface area contributed by atoms with Crippen molar-refractivity contribution in [1.29, 1.82) is 0 Å². The first-order valence-corrected chi connectivity index (χ1v) is 11.1. The van der Waals surface area contributed by atoms with Crippen LogP contribution < -0.4 is 31.4 Å². The number of rotatable bonds is 12. The van der Waals surface area contributed by atoms with E-state index in [4.69, 9.17) is 19.9 Å². The zero-order valence-electron chi connectivity index (χ0n) is 20.4. The van der Waals surface area contributed by atoms with Crippen molar-refractivity contribution in [2.45, 2.75) is 33.7 Å².